The van der Waals surface area contributed by atoms with E-state index in [1.54, 1.807) is 13.8 Å². The number of nitrogens with two attached hydrogens (primary N) is 3. The molecule has 44 heteroatoms. The number of aromatic amines is 1. The molecule has 650 valence electrons. The number of nitrogens with zero attached hydrogens (tertiary/aromatic N) is 4. The maximum atomic E-state index is 14.9. The minimum absolute atomic E-state index is 0.0236. The number of hydrogen-bond acceptors (Lipinski definition) is 24. The highest BCUT2D eigenvalue weighted by Gasteiger charge is 2.45. The molecule has 2 aromatic rings. The molecule has 117 heavy (non-hydrogen) atoms. The number of aliphatic hydroxyl groups excluding tert-OH is 4. The number of benzene rings is 1. The lowest BCUT2D eigenvalue weighted by Gasteiger charge is -2.32. The van der Waals surface area contributed by atoms with Crippen LogP contribution < -0.4 is 86.3 Å². The number of aromatic nitrogens is 2. The van der Waals surface area contributed by atoms with E-state index in [1.165, 1.54) is 46.6 Å². The number of nitrogens with one attached hydrogen (secondary N) is 16. The molecule has 0 spiro atoms. The van der Waals surface area contributed by atoms with Gasteiger partial charge in [0.1, 0.15) is 72.2 Å². The number of carbonyl (C=O) groups excluding carboxylic acids is 14. The van der Waals surface area contributed by atoms with E-state index in [9.17, 15) is 103 Å². The second-order valence-corrected chi connectivity index (χ2v) is 30.2. The number of carboxylic acid groups (broad SMARTS) is 1. The van der Waals surface area contributed by atoms with E-state index in [0.29, 0.717) is 31.4 Å². The van der Waals surface area contributed by atoms with Crippen molar-refractivity contribution in [3.8, 4) is 5.75 Å². The van der Waals surface area contributed by atoms with Crippen LogP contribution in [0.4, 0.5) is 0 Å². The number of carbonyl (C=O) groups is 15. The van der Waals surface area contributed by atoms with Crippen molar-refractivity contribution in [1.29, 1.82) is 10.8 Å². The van der Waals surface area contributed by atoms with Crippen LogP contribution in [0.1, 0.15) is 137 Å². The third-order valence-electron chi connectivity index (χ3n) is 19.6. The van der Waals surface area contributed by atoms with Gasteiger partial charge in [-0.25, -0.2) is 9.78 Å². The van der Waals surface area contributed by atoms with Crippen LogP contribution in [0.3, 0.4) is 0 Å². The molecule has 1 aromatic carbocycles. The number of aliphatic carboxylic acids is 1. The number of H-pyrrole nitrogens is 1. The largest absolute Gasteiger partial charge is 0.508 e. The lowest BCUT2D eigenvalue weighted by molar-refractivity contribution is -0.145. The predicted octanol–water partition coefficient (Wildman–Crippen LogP) is -8.37. The summed E-state index contributed by atoms with van der Waals surface area (Å²) in [5.41, 5.74) is 17.7. The molecule has 28 N–H and O–H groups in total. The molecule has 0 unspecified atom stereocenters. The summed E-state index contributed by atoms with van der Waals surface area (Å²) in [6, 6.07) is -13.5. The van der Waals surface area contributed by atoms with E-state index < -0.39 is 212 Å². The lowest BCUT2D eigenvalue weighted by Crippen LogP contribution is -2.62. The Hall–Kier alpha value is -11.4. The standard InChI is InChI=1S/C73H117N23O21/c1-36(2)27-48(89-59(104)44(74)13-8-22-80-72(75)76)68(113)94-24-10-15-51(94)64(109)86-45(14-9-23-81-73(77)78)61(106)90-49(28-37(3)4)69(114)95-25-11-16-52(95)65(110)88-47(30-42-31-79-35-84-42)60(105)82-32-54(102)85-50(34-97)63(108)87-46(29-41-18-20-43(101)21-19-41)62(107)93-57(39(6)99)70(115)96-26-12-17-53(96)66(111)92-56(38(5)98)67(112)83-33-55(103)91-58(40(7)100)71(116)117/h18-21,31,35-40,44-53,56-58,97-101H,8-17,22-30,32-34,74H2,1-7H3,(H,79,84)(H,82,105)(H,83,112)(H,85,102)(H,86,109)(H,87,108)(H,88,110)(H,89,104)(H,90,106)(H,91,103)(H,92,111)(H,93,107)(H,116,117)(H4,75,76,80)(H4,77,78,81)/t38-,39-,40-,44+,45+,46+,47+,48+,49+,50+,51+,52+,53+,56+,57+,58+/m1/s1. The van der Waals surface area contributed by atoms with E-state index in [2.05, 4.69) is 73.8 Å². The van der Waals surface area contributed by atoms with Gasteiger partial charge in [0, 0.05) is 51.8 Å². The maximum Gasteiger partial charge on any atom is 0.328 e. The molecule has 0 aliphatic carbocycles. The minimum atomic E-state index is -1.86. The zero-order valence-corrected chi connectivity index (χ0v) is 66.7. The zero-order chi connectivity index (χ0) is 87.1. The van der Waals surface area contributed by atoms with Crippen LogP contribution in [-0.2, 0) is 84.8 Å². The Balaban J connectivity index is 1.27. The molecule has 4 heterocycles. The molecule has 0 bridgehead atoms. The molecule has 5 rings (SSSR count). The van der Waals surface area contributed by atoms with Crippen LogP contribution in [0, 0.1) is 22.7 Å². The highest BCUT2D eigenvalue weighted by Crippen LogP contribution is 2.25. The predicted molar refractivity (Wildman–Crippen MR) is 417 cm³/mol. The molecule has 0 radical (unpaired) electrons. The van der Waals surface area contributed by atoms with Gasteiger partial charge < -0.3 is 137 Å². The van der Waals surface area contributed by atoms with Crippen molar-refractivity contribution in [2.24, 2.45) is 29.0 Å². The molecule has 3 saturated heterocycles. The van der Waals surface area contributed by atoms with Crippen LogP contribution in [-0.4, -0.2) is 305 Å². The zero-order valence-electron chi connectivity index (χ0n) is 66.7. The summed E-state index contributed by atoms with van der Waals surface area (Å²) < 4.78 is 0. The first-order valence-corrected chi connectivity index (χ1v) is 38.9. The first kappa shape index (κ1) is 96.2. The number of amides is 14. The van der Waals surface area contributed by atoms with Crippen molar-refractivity contribution < 1.29 is 103 Å². The third-order valence-corrected chi connectivity index (χ3v) is 19.6. The van der Waals surface area contributed by atoms with Crippen LogP contribution in [0.15, 0.2) is 36.8 Å². The summed E-state index contributed by atoms with van der Waals surface area (Å²) in [7, 11) is 0. The van der Waals surface area contributed by atoms with Gasteiger partial charge in [-0.3, -0.25) is 77.9 Å². The Bertz CT molecular complexity index is 3770. The third kappa shape index (κ3) is 30.6. The van der Waals surface area contributed by atoms with Crippen molar-refractivity contribution in [2.75, 3.05) is 52.4 Å². The average molecular weight is 1650 g/mol. The van der Waals surface area contributed by atoms with Crippen LogP contribution >= 0.6 is 0 Å². The Morgan fingerprint density at radius 1 is 0.496 bits per heavy atom. The van der Waals surface area contributed by atoms with Gasteiger partial charge in [0.15, 0.2) is 18.0 Å². The molecular weight excluding hydrogens is 1530 g/mol. The number of hydrogen-bond donors (Lipinski definition) is 25. The van der Waals surface area contributed by atoms with Crippen LogP contribution in [0.5, 0.6) is 5.75 Å². The number of phenols is 1. The highest BCUT2D eigenvalue weighted by molar-refractivity contribution is 6.01. The van der Waals surface area contributed by atoms with Gasteiger partial charge in [0.2, 0.25) is 82.7 Å². The Labute approximate surface area is 675 Å². The molecule has 16 atom stereocenters. The van der Waals surface area contributed by atoms with Crippen LogP contribution in [0.2, 0.25) is 0 Å². The van der Waals surface area contributed by atoms with Gasteiger partial charge in [0.05, 0.1) is 56.1 Å². The number of aliphatic hydroxyl groups is 4. The van der Waals surface area contributed by atoms with Gasteiger partial charge >= 0.3 is 5.97 Å². The number of phenolic OH excluding ortho intramolecular Hbond substituents is 1. The summed E-state index contributed by atoms with van der Waals surface area (Å²) in [5.74, 6) is -15.3. The molecule has 3 aliphatic heterocycles. The molecular formula is C73H117N23O21. The monoisotopic (exact) mass is 1650 g/mol. The van der Waals surface area contributed by atoms with Crippen molar-refractivity contribution in [3.05, 3.63) is 48.0 Å². The van der Waals surface area contributed by atoms with Gasteiger partial charge in [-0.15, -0.1) is 0 Å². The van der Waals surface area contributed by atoms with Crippen molar-refractivity contribution in [1.82, 2.24) is 93.8 Å². The number of imidazole rings is 1. The molecule has 44 nitrogen and oxygen atoms in total. The number of carboxylic acids is 1. The number of rotatable bonds is 46. The Morgan fingerprint density at radius 3 is 1.40 bits per heavy atom. The molecule has 14 amide bonds. The van der Waals surface area contributed by atoms with Gasteiger partial charge in [0.25, 0.3) is 0 Å². The fourth-order valence-electron chi connectivity index (χ4n) is 13.5. The quantitative estimate of drug-likeness (QED) is 0.0166. The summed E-state index contributed by atoms with van der Waals surface area (Å²) in [4.78, 5) is 218. The van der Waals surface area contributed by atoms with Gasteiger partial charge in [-0.05, 0) is 127 Å². The number of likely N-dealkylation sites (tertiary alicyclic amines) is 3. The van der Waals surface area contributed by atoms with Crippen LogP contribution in [0.25, 0.3) is 0 Å². The number of aromatic hydroxyl groups is 1. The first-order chi connectivity index (χ1) is 55.2. The molecule has 3 fully saturated rings. The molecule has 1 aromatic heterocycles. The SMILES string of the molecule is CC(C)C[C@H](NC(=O)[C@H](CCCNC(=N)N)NC(=O)[C@@H]1CCCN1C(=O)[C@H](CC(C)C)NC(=O)[C@@H](N)CCCNC(=N)N)C(=O)N1CCC[C@H]1C(=O)N[C@@H](Cc1c[nH]cn1)C(=O)NCC(=O)N[C@@H](CO)C(=O)N[C@@H](Cc1ccc(O)cc1)C(=O)N[C@H](C(=O)N1CCC[C@H]1C(=O)N[C@H](C(=O)NCC(=O)N[C@H](C(=O)O)[C@@H](C)O)[C@@H](C)O)[C@@H](C)O. The van der Waals surface area contributed by atoms with Gasteiger partial charge in [-0.1, -0.05) is 39.8 Å². The maximum absolute atomic E-state index is 14.9. The van der Waals surface area contributed by atoms with Crippen molar-refractivity contribution in [3.63, 3.8) is 0 Å². The smallest absolute Gasteiger partial charge is 0.328 e. The van der Waals surface area contributed by atoms with Crippen molar-refractivity contribution in [2.45, 2.75) is 235 Å². The topological polar surface area (TPSA) is 698 Å². The second kappa shape index (κ2) is 47.0. The van der Waals surface area contributed by atoms with Gasteiger partial charge in [-0.2, -0.15) is 0 Å². The van der Waals surface area contributed by atoms with E-state index in [-0.39, 0.29) is 126 Å². The first-order valence-electron chi connectivity index (χ1n) is 38.9. The van der Waals surface area contributed by atoms with E-state index in [4.69, 9.17) is 28.0 Å². The number of guanidine groups is 2. The highest BCUT2D eigenvalue weighted by atomic mass is 16.4. The molecule has 3 aliphatic rings. The Morgan fingerprint density at radius 2 is 0.932 bits per heavy atom. The second-order valence-electron chi connectivity index (χ2n) is 30.2. The summed E-state index contributed by atoms with van der Waals surface area (Å²) in [6.07, 6.45) is -0.666. The molecule has 0 saturated carbocycles. The summed E-state index contributed by atoms with van der Waals surface area (Å²) >= 11 is 0. The van der Waals surface area contributed by atoms with E-state index >= 15 is 0 Å². The summed E-state index contributed by atoms with van der Waals surface area (Å²) in [5, 5.41) is 108. The summed E-state index contributed by atoms with van der Waals surface area (Å²) in [6.45, 7) is 8.25. The lowest BCUT2D eigenvalue weighted by atomic mass is 10.0. The fourth-order valence-corrected chi connectivity index (χ4v) is 13.5. The van der Waals surface area contributed by atoms with E-state index in [0.717, 1.165) is 25.7 Å². The van der Waals surface area contributed by atoms with E-state index in [1.807, 2.05) is 19.2 Å². The normalized spacial score (nSPS) is 18.5. The fraction of sp³-hybridized carbons (Fsp3) is 0.644. The average Bonchev–Trinajstić information content (AvgIpc) is 1.68. The Kier molecular flexibility index (Phi) is 38.6. The minimum Gasteiger partial charge on any atom is -0.508 e. The van der Waals surface area contributed by atoms with Crippen molar-refractivity contribution >= 4 is 101 Å².